The molecule has 1 heterocycles. The van der Waals surface area contributed by atoms with Gasteiger partial charge < -0.3 is 14.6 Å². The third-order valence-corrected chi connectivity index (χ3v) is 3.44. The summed E-state index contributed by atoms with van der Waals surface area (Å²) < 4.78 is 11.5. The first-order valence-corrected chi connectivity index (χ1v) is 6.44. The molecular weight excluding hydrogens is 244 g/mol. The van der Waals surface area contributed by atoms with E-state index in [2.05, 4.69) is 0 Å². The molecule has 0 atom stereocenters. The Hall–Kier alpha value is -1.97. The summed E-state index contributed by atoms with van der Waals surface area (Å²) in [5, 5.41) is 9.30. The van der Waals surface area contributed by atoms with Gasteiger partial charge in [-0.3, -0.25) is 0 Å². The number of ether oxygens (including phenoxy) is 2. The summed E-state index contributed by atoms with van der Waals surface area (Å²) in [4.78, 5) is 11.4. The summed E-state index contributed by atoms with van der Waals surface area (Å²) >= 11 is 0. The number of hydrogen-bond acceptors (Lipinski definition) is 3. The number of aliphatic carboxylic acids is 1. The van der Waals surface area contributed by atoms with Crippen LogP contribution in [0.5, 0.6) is 0 Å². The molecule has 0 unspecified atom stereocenters. The summed E-state index contributed by atoms with van der Waals surface area (Å²) in [5.74, 6) is -1.72. The molecule has 0 aromatic heterocycles. The van der Waals surface area contributed by atoms with Gasteiger partial charge in [0.1, 0.15) is 0 Å². The number of rotatable bonds is 4. The highest BCUT2D eigenvalue weighted by atomic mass is 16.7. The Morgan fingerprint density at radius 1 is 1.21 bits per heavy atom. The molecule has 1 aliphatic heterocycles. The largest absolute Gasteiger partial charge is 0.475 e. The molecule has 0 fully saturated rings. The average Bonchev–Trinajstić information content (AvgIpc) is 2.80. The molecule has 19 heavy (non-hydrogen) atoms. The molecule has 0 saturated heterocycles. The van der Waals surface area contributed by atoms with Crippen LogP contribution in [0, 0.1) is 6.92 Å². The van der Waals surface area contributed by atoms with E-state index >= 15 is 0 Å². The van der Waals surface area contributed by atoms with Crippen LogP contribution >= 0.6 is 0 Å². The highest BCUT2D eigenvalue weighted by Gasteiger charge is 2.43. The predicted molar refractivity (Wildman–Crippen MR) is 71.2 cm³/mol. The van der Waals surface area contributed by atoms with Crippen molar-refractivity contribution >= 4 is 11.7 Å². The van der Waals surface area contributed by atoms with Crippen molar-refractivity contribution in [2.45, 2.75) is 39.4 Å². The fourth-order valence-electron chi connectivity index (χ4n) is 2.17. The summed E-state index contributed by atoms with van der Waals surface area (Å²) in [6.45, 7) is 5.76. The van der Waals surface area contributed by atoms with Gasteiger partial charge in [-0.1, -0.05) is 38.1 Å². The van der Waals surface area contributed by atoms with Crippen molar-refractivity contribution in [3.63, 3.8) is 0 Å². The number of carbonyl (C=O) groups is 1. The van der Waals surface area contributed by atoms with E-state index < -0.39 is 11.8 Å². The standard InChI is InChI=1S/C15H18O4/c1-4-15(5-2)18-12(13(19-15)14(16)17)11-9-7-6-8-10(11)3/h6-9H,4-5H2,1-3H3,(H,16,17). The molecule has 102 valence electrons. The molecule has 0 radical (unpaired) electrons. The molecule has 0 saturated carbocycles. The molecule has 0 aliphatic carbocycles. The van der Waals surface area contributed by atoms with Crippen LogP contribution in [0.25, 0.3) is 5.76 Å². The lowest BCUT2D eigenvalue weighted by Gasteiger charge is -2.26. The molecule has 1 aromatic carbocycles. The van der Waals surface area contributed by atoms with Crippen molar-refractivity contribution in [2.24, 2.45) is 0 Å². The van der Waals surface area contributed by atoms with Crippen molar-refractivity contribution < 1.29 is 19.4 Å². The smallest absolute Gasteiger partial charge is 0.375 e. The first-order valence-electron chi connectivity index (χ1n) is 6.44. The number of benzene rings is 1. The lowest BCUT2D eigenvalue weighted by Crippen LogP contribution is -2.29. The normalized spacial score (nSPS) is 17.0. The zero-order valence-electron chi connectivity index (χ0n) is 11.4. The minimum atomic E-state index is -1.10. The summed E-state index contributed by atoms with van der Waals surface area (Å²) in [7, 11) is 0. The molecule has 2 rings (SSSR count). The van der Waals surface area contributed by atoms with Crippen molar-refractivity contribution in [1.82, 2.24) is 0 Å². The van der Waals surface area contributed by atoms with Gasteiger partial charge in [-0.05, 0) is 12.5 Å². The second-order valence-corrected chi connectivity index (χ2v) is 4.60. The van der Waals surface area contributed by atoms with E-state index in [1.165, 1.54) is 0 Å². The number of hydrogen-bond donors (Lipinski definition) is 1. The quantitative estimate of drug-likeness (QED) is 0.904. The van der Waals surface area contributed by atoms with Gasteiger partial charge in [0.15, 0.2) is 5.76 Å². The third kappa shape index (κ3) is 2.30. The number of aryl methyl sites for hydroxylation is 1. The third-order valence-electron chi connectivity index (χ3n) is 3.44. The number of carboxylic acid groups (broad SMARTS) is 1. The van der Waals surface area contributed by atoms with Gasteiger partial charge in [0.25, 0.3) is 11.5 Å². The monoisotopic (exact) mass is 262 g/mol. The SMILES string of the molecule is CCC1(CC)OC(C(=O)O)=C(c2ccccc2C)O1. The van der Waals surface area contributed by atoms with E-state index in [0.29, 0.717) is 18.6 Å². The maximum absolute atomic E-state index is 11.4. The molecule has 4 nitrogen and oxygen atoms in total. The lowest BCUT2D eigenvalue weighted by atomic mass is 10.1. The van der Waals surface area contributed by atoms with Crippen LogP contribution in [-0.2, 0) is 14.3 Å². The Morgan fingerprint density at radius 3 is 2.37 bits per heavy atom. The molecule has 0 spiro atoms. The van der Waals surface area contributed by atoms with Gasteiger partial charge in [-0.25, -0.2) is 4.79 Å². The first kappa shape index (κ1) is 13.5. The van der Waals surface area contributed by atoms with E-state index in [9.17, 15) is 9.90 Å². The highest BCUT2D eigenvalue weighted by Crippen LogP contribution is 2.41. The van der Waals surface area contributed by atoms with Crippen LogP contribution in [0.3, 0.4) is 0 Å². The zero-order chi connectivity index (χ0) is 14.0. The second kappa shape index (κ2) is 4.96. The Balaban J connectivity index is 2.49. The second-order valence-electron chi connectivity index (χ2n) is 4.60. The Morgan fingerprint density at radius 2 is 1.84 bits per heavy atom. The van der Waals surface area contributed by atoms with Crippen molar-refractivity contribution in [1.29, 1.82) is 0 Å². The summed E-state index contributed by atoms with van der Waals surface area (Å²) in [5.41, 5.74) is 1.73. The lowest BCUT2D eigenvalue weighted by molar-refractivity contribution is -0.162. The van der Waals surface area contributed by atoms with Crippen LogP contribution in [0.4, 0.5) is 0 Å². The van der Waals surface area contributed by atoms with Crippen molar-refractivity contribution in [3.05, 3.63) is 41.2 Å². The van der Waals surface area contributed by atoms with E-state index in [1.807, 2.05) is 45.0 Å². The zero-order valence-corrected chi connectivity index (χ0v) is 11.4. The fraction of sp³-hybridized carbons (Fsp3) is 0.400. The number of carboxylic acids is 1. The van der Waals surface area contributed by atoms with Gasteiger partial charge >= 0.3 is 5.97 Å². The predicted octanol–water partition coefficient (Wildman–Crippen LogP) is 3.31. The van der Waals surface area contributed by atoms with E-state index in [-0.39, 0.29) is 5.76 Å². The molecule has 1 N–H and O–H groups in total. The van der Waals surface area contributed by atoms with Gasteiger partial charge in [0.05, 0.1) is 0 Å². The topological polar surface area (TPSA) is 55.8 Å². The van der Waals surface area contributed by atoms with Gasteiger partial charge in [0.2, 0.25) is 0 Å². The minimum Gasteiger partial charge on any atom is -0.475 e. The average molecular weight is 262 g/mol. The van der Waals surface area contributed by atoms with Crippen LogP contribution in [0.15, 0.2) is 30.0 Å². The molecular formula is C15H18O4. The maximum atomic E-state index is 11.4. The molecule has 1 aliphatic rings. The van der Waals surface area contributed by atoms with Crippen LogP contribution in [-0.4, -0.2) is 16.9 Å². The van der Waals surface area contributed by atoms with Gasteiger partial charge in [0, 0.05) is 18.4 Å². The molecule has 4 heteroatoms. The molecule has 0 bridgehead atoms. The van der Waals surface area contributed by atoms with Gasteiger partial charge in [-0.2, -0.15) is 0 Å². The van der Waals surface area contributed by atoms with Crippen LogP contribution < -0.4 is 0 Å². The van der Waals surface area contributed by atoms with E-state index in [4.69, 9.17) is 9.47 Å². The van der Waals surface area contributed by atoms with Crippen molar-refractivity contribution in [2.75, 3.05) is 0 Å². The molecule has 1 aromatic rings. The minimum absolute atomic E-state index is 0.0991. The summed E-state index contributed by atoms with van der Waals surface area (Å²) in [6.07, 6.45) is 1.19. The Labute approximate surface area is 112 Å². The fourth-order valence-corrected chi connectivity index (χ4v) is 2.17. The molecule has 0 amide bonds. The summed E-state index contributed by atoms with van der Waals surface area (Å²) in [6, 6.07) is 7.53. The van der Waals surface area contributed by atoms with Gasteiger partial charge in [-0.15, -0.1) is 0 Å². The highest BCUT2D eigenvalue weighted by molar-refractivity contribution is 5.93. The van der Waals surface area contributed by atoms with Crippen molar-refractivity contribution in [3.8, 4) is 0 Å². The van der Waals surface area contributed by atoms with E-state index in [0.717, 1.165) is 11.1 Å². The first-order chi connectivity index (χ1) is 9.03. The Kier molecular flexibility index (Phi) is 3.51. The Bertz CT molecular complexity index is 527. The van der Waals surface area contributed by atoms with Crippen LogP contribution in [0.2, 0.25) is 0 Å². The maximum Gasteiger partial charge on any atom is 0.375 e. The van der Waals surface area contributed by atoms with E-state index in [1.54, 1.807) is 0 Å². The van der Waals surface area contributed by atoms with Crippen LogP contribution in [0.1, 0.15) is 37.8 Å².